The van der Waals surface area contributed by atoms with Crippen LogP contribution in [0.3, 0.4) is 0 Å². The Bertz CT molecular complexity index is 479. The van der Waals surface area contributed by atoms with E-state index in [4.69, 9.17) is 5.73 Å². The molecule has 1 fully saturated rings. The Kier molecular flexibility index (Phi) is 4.96. The van der Waals surface area contributed by atoms with Crippen molar-refractivity contribution in [3.8, 4) is 0 Å². The van der Waals surface area contributed by atoms with Crippen LogP contribution in [0.4, 0.5) is 0 Å². The molecule has 0 bridgehead atoms. The Morgan fingerprint density at radius 3 is 2.45 bits per heavy atom. The third kappa shape index (κ3) is 3.48. The molecule has 1 saturated heterocycles. The molecular formula is C17H24N2O. The number of hydrogen-bond acceptors (Lipinski definition) is 2. The Morgan fingerprint density at radius 1 is 1.30 bits per heavy atom. The van der Waals surface area contributed by atoms with Crippen LogP contribution in [0.2, 0.25) is 0 Å². The standard InChI is InChI=1S/C17H24N2O/c1-13-4-3-5-14(2)16(13)7-6-15-8-10-19(11-9-15)17(20)12-18/h3-7,15H,8-12,18H2,1-2H3/b7-6+. The molecule has 1 heterocycles. The number of carbonyl (C=O) groups is 1. The van der Waals surface area contributed by atoms with Gasteiger partial charge in [0.1, 0.15) is 0 Å². The molecule has 2 N–H and O–H groups in total. The fourth-order valence-corrected chi connectivity index (χ4v) is 2.79. The molecule has 20 heavy (non-hydrogen) atoms. The van der Waals surface area contributed by atoms with Crippen LogP contribution in [0.1, 0.15) is 29.5 Å². The van der Waals surface area contributed by atoms with E-state index in [0.29, 0.717) is 5.92 Å². The maximum Gasteiger partial charge on any atom is 0.236 e. The number of nitrogens with zero attached hydrogens (tertiary/aromatic N) is 1. The second-order valence-electron chi connectivity index (χ2n) is 5.59. The molecule has 0 radical (unpaired) electrons. The Balaban J connectivity index is 1.96. The second-order valence-corrected chi connectivity index (χ2v) is 5.59. The summed E-state index contributed by atoms with van der Waals surface area (Å²) < 4.78 is 0. The molecule has 0 spiro atoms. The van der Waals surface area contributed by atoms with E-state index < -0.39 is 0 Å². The van der Waals surface area contributed by atoms with Crippen LogP contribution < -0.4 is 5.73 Å². The number of benzene rings is 1. The molecule has 1 aromatic carbocycles. The van der Waals surface area contributed by atoms with E-state index in [1.165, 1.54) is 16.7 Å². The molecule has 1 aliphatic rings. The number of carbonyl (C=O) groups excluding carboxylic acids is 1. The summed E-state index contributed by atoms with van der Waals surface area (Å²) in [4.78, 5) is 13.4. The normalized spacial score (nSPS) is 16.9. The van der Waals surface area contributed by atoms with Gasteiger partial charge in [0.15, 0.2) is 0 Å². The highest BCUT2D eigenvalue weighted by atomic mass is 16.2. The highest BCUT2D eigenvalue weighted by Crippen LogP contribution is 2.21. The van der Waals surface area contributed by atoms with Crippen molar-refractivity contribution in [2.24, 2.45) is 11.7 Å². The summed E-state index contributed by atoms with van der Waals surface area (Å²) in [6.07, 6.45) is 6.62. The quantitative estimate of drug-likeness (QED) is 0.919. The number of aryl methyl sites for hydroxylation is 2. The third-order valence-corrected chi connectivity index (χ3v) is 4.14. The molecule has 0 atom stereocenters. The SMILES string of the molecule is Cc1cccc(C)c1/C=C/C1CCN(C(=O)CN)CC1. The average Bonchev–Trinajstić information content (AvgIpc) is 2.46. The first-order valence-corrected chi connectivity index (χ1v) is 7.34. The van der Waals surface area contributed by atoms with Gasteiger partial charge in [-0.15, -0.1) is 0 Å². The van der Waals surface area contributed by atoms with Gasteiger partial charge in [-0.25, -0.2) is 0 Å². The zero-order valence-electron chi connectivity index (χ0n) is 12.4. The molecule has 108 valence electrons. The van der Waals surface area contributed by atoms with Crippen molar-refractivity contribution < 1.29 is 4.79 Å². The first kappa shape index (κ1) is 14.8. The van der Waals surface area contributed by atoms with Gasteiger partial charge >= 0.3 is 0 Å². The lowest BCUT2D eigenvalue weighted by atomic mass is 9.94. The van der Waals surface area contributed by atoms with Crippen LogP contribution in [-0.4, -0.2) is 30.4 Å². The van der Waals surface area contributed by atoms with Gasteiger partial charge in [-0.3, -0.25) is 4.79 Å². The summed E-state index contributed by atoms with van der Waals surface area (Å²) in [6, 6.07) is 6.39. The minimum absolute atomic E-state index is 0.0715. The molecule has 3 heteroatoms. The van der Waals surface area contributed by atoms with Crippen LogP contribution in [0.25, 0.3) is 6.08 Å². The molecule has 3 nitrogen and oxygen atoms in total. The minimum atomic E-state index is 0.0715. The van der Waals surface area contributed by atoms with Crippen molar-refractivity contribution in [3.63, 3.8) is 0 Å². The summed E-state index contributed by atoms with van der Waals surface area (Å²) in [5, 5.41) is 0. The average molecular weight is 272 g/mol. The Labute approximate surface area is 121 Å². The summed E-state index contributed by atoms with van der Waals surface area (Å²) in [5.74, 6) is 0.637. The van der Waals surface area contributed by atoms with E-state index in [9.17, 15) is 4.79 Å². The van der Waals surface area contributed by atoms with Gasteiger partial charge in [0.05, 0.1) is 6.54 Å². The van der Waals surface area contributed by atoms with Gasteiger partial charge < -0.3 is 10.6 Å². The van der Waals surface area contributed by atoms with Crippen LogP contribution >= 0.6 is 0 Å². The van der Waals surface area contributed by atoms with Gasteiger partial charge in [0.2, 0.25) is 5.91 Å². The lowest BCUT2D eigenvalue weighted by Crippen LogP contribution is -2.41. The second kappa shape index (κ2) is 6.71. The van der Waals surface area contributed by atoms with Gasteiger partial charge in [-0.2, -0.15) is 0 Å². The van der Waals surface area contributed by atoms with Gasteiger partial charge in [0.25, 0.3) is 0 Å². The topological polar surface area (TPSA) is 46.3 Å². The van der Waals surface area contributed by atoms with Crippen molar-refractivity contribution in [1.82, 2.24) is 4.90 Å². The van der Waals surface area contributed by atoms with Crippen LogP contribution in [-0.2, 0) is 4.79 Å². The molecular weight excluding hydrogens is 248 g/mol. The van der Waals surface area contributed by atoms with E-state index in [-0.39, 0.29) is 12.5 Å². The Morgan fingerprint density at radius 2 is 1.90 bits per heavy atom. The van der Waals surface area contributed by atoms with E-state index in [1.807, 2.05) is 4.90 Å². The summed E-state index contributed by atoms with van der Waals surface area (Å²) in [6.45, 7) is 6.09. The minimum Gasteiger partial charge on any atom is -0.342 e. The van der Waals surface area contributed by atoms with Crippen molar-refractivity contribution >= 4 is 12.0 Å². The lowest BCUT2D eigenvalue weighted by Gasteiger charge is -2.30. The van der Waals surface area contributed by atoms with Crippen LogP contribution in [0, 0.1) is 19.8 Å². The van der Waals surface area contributed by atoms with Crippen LogP contribution in [0.5, 0.6) is 0 Å². The summed E-state index contributed by atoms with van der Waals surface area (Å²) in [5.41, 5.74) is 9.36. The van der Waals surface area contributed by atoms with Crippen LogP contribution in [0.15, 0.2) is 24.3 Å². The number of allylic oxidation sites excluding steroid dienone is 1. The first-order chi connectivity index (χ1) is 9.61. The van der Waals surface area contributed by atoms with Crippen molar-refractivity contribution in [1.29, 1.82) is 0 Å². The Hall–Kier alpha value is -1.61. The zero-order valence-corrected chi connectivity index (χ0v) is 12.4. The summed E-state index contributed by atoms with van der Waals surface area (Å²) >= 11 is 0. The van der Waals surface area contributed by atoms with E-state index in [2.05, 4.69) is 44.2 Å². The largest absolute Gasteiger partial charge is 0.342 e. The molecule has 0 saturated carbocycles. The number of piperidine rings is 1. The molecule has 0 unspecified atom stereocenters. The maximum absolute atomic E-state index is 11.5. The molecule has 1 aliphatic heterocycles. The molecule has 1 aromatic rings. The molecule has 2 rings (SSSR count). The maximum atomic E-state index is 11.5. The molecule has 1 amide bonds. The number of amides is 1. The smallest absolute Gasteiger partial charge is 0.236 e. The lowest BCUT2D eigenvalue weighted by molar-refractivity contribution is -0.130. The van der Waals surface area contributed by atoms with Gasteiger partial charge in [-0.05, 0) is 49.3 Å². The first-order valence-electron chi connectivity index (χ1n) is 7.34. The number of nitrogens with two attached hydrogens (primary N) is 1. The number of rotatable bonds is 3. The van der Waals surface area contributed by atoms with Gasteiger partial charge in [-0.1, -0.05) is 30.4 Å². The number of likely N-dealkylation sites (tertiary alicyclic amines) is 1. The molecule has 0 aliphatic carbocycles. The molecule has 0 aromatic heterocycles. The highest BCUT2D eigenvalue weighted by Gasteiger charge is 2.20. The predicted octanol–water partition coefficient (Wildman–Crippen LogP) is 2.51. The third-order valence-electron chi connectivity index (χ3n) is 4.14. The van der Waals surface area contributed by atoms with E-state index in [0.717, 1.165) is 25.9 Å². The van der Waals surface area contributed by atoms with E-state index in [1.54, 1.807) is 0 Å². The fourth-order valence-electron chi connectivity index (χ4n) is 2.79. The predicted molar refractivity (Wildman–Crippen MR) is 83.3 cm³/mol. The van der Waals surface area contributed by atoms with Gasteiger partial charge in [0, 0.05) is 13.1 Å². The number of hydrogen-bond donors (Lipinski definition) is 1. The highest BCUT2D eigenvalue weighted by molar-refractivity contribution is 5.78. The van der Waals surface area contributed by atoms with E-state index >= 15 is 0 Å². The zero-order chi connectivity index (χ0) is 14.5. The monoisotopic (exact) mass is 272 g/mol. The van der Waals surface area contributed by atoms with Crippen molar-refractivity contribution in [2.75, 3.05) is 19.6 Å². The van der Waals surface area contributed by atoms with Crippen molar-refractivity contribution in [3.05, 3.63) is 41.0 Å². The fraction of sp³-hybridized carbons (Fsp3) is 0.471. The summed E-state index contributed by atoms with van der Waals surface area (Å²) in [7, 11) is 0. The van der Waals surface area contributed by atoms with Crippen molar-refractivity contribution in [2.45, 2.75) is 26.7 Å².